The van der Waals surface area contributed by atoms with E-state index in [1.54, 1.807) is 15.6 Å². The molecule has 0 aromatic carbocycles. The van der Waals surface area contributed by atoms with Gasteiger partial charge in [0.2, 0.25) is 5.95 Å². The maximum absolute atomic E-state index is 12.2. The number of nitrogens with one attached hydrogen (secondary N) is 1. The normalized spacial score (nSPS) is 17.4. The highest BCUT2D eigenvalue weighted by molar-refractivity contribution is 5.92. The smallest absolute Gasteiger partial charge is 0.338 e. The average molecular weight is 288 g/mol. The van der Waals surface area contributed by atoms with E-state index in [9.17, 15) is 4.79 Å². The van der Waals surface area contributed by atoms with Crippen molar-refractivity contribution in [3.8, 4) is 0 Å². The van der Waals surface area contributed by atoms with Crippen LogP contribution < -0.4 is 5.32 Å². The van der Waals surface area contributed by atoms with Crippen LogP contribution in [-0.2, 0) is 16.1 Å². The van der Waals surface area contributed by atoms with Gasteiger partial charge in [0.1, 0.15) is 12.4 Å². The molecule has 8 heteroatoms. The van der Waals surface area contributed by atoms with Crippen LogP contribution in [0.25, 0.3) is 0 Å². The maximum Gasteiger partial charge on any atom is 0.338 e. The van der Waals surface area contributed by atoms with E-state index in [1.165, 1.54) is 13.4 Å². The highest BCUT2D eigenvalue weighted by Crippen LogP contribution is 2.34. The maximum atomic E-state index is 12.2. The second-order valence-electron chi connectivity index (χ2n) is 4.72. The van der Waals surface area contributed by atoms with Gasteiger partial charge < -0.3 is 10.1 Å². The van der Waals surface area contributed by atoms with Gasteiger partial charge >= 0.3 is 5.97 Å². The SMILES string of the molecule is CCn1cc(C2C(C(=O)OC)=C(C)Nc3ncnn32)cn1. The predicted molar refractivity (Wildman–Crippen MR) is 74.4 cm³/mol. The van der Waals surface area contributed by atoms with Gasteiger partial charge in [-0.1, -0.05) is 0 Å². The molecular weight excluding hydrogens is 272 g/mol. The monoisotopic (exact) mass is 288 g/mol. The predicted octanol–water partition coefficient (Wildman–Crippen LogP) is 0.956. The van der Waals surface area contributed by atoms with Crippen molar-refractivity contribution < 1.29 is 9.53 Å². The van der Waals surface area contributed by atoms with E-state index < -0.39 is 12.0 Å². The Kier molecular flexibility index (Phi) is 3.20. The average Bonchev–Trinajstić information content (AvgIpc) is 3.13. The number of hydrogen-bond donors (Lipinski definition) is 1. The van der Waals surface area contributed by atoms with Gasteiger partial charge in [0.05, 0.1) is 18.9 Å². The molecule has 21 heavy (non-hydrogen) atoms. The number of rotatable bonds is 3. The van der Waals surface area contributed by atoms with E-state index in [2.05, 4.69) is 20.5 Å². The summed E-state index contributed by atoms with van der Waals surface area (Å²) in [4.78, 5) is 16.3. The lowest BCUT2D eigenvalue weighted by atomic mass is 9.98. The van der Waals surface area contributed by atoms with Gasteiger partial charge in [-0.15, -0.1) is 0 Å². The number of anilines is 1. The molecule has 0 radical (unpaired) electrons. The minimum atomic E-state index is -0.393. The van der Waals surface area contributed by atoms with Crippen LogP contribution in [0.5, 0.6) is 0 Å². The van der Waals surface area contributed by atoms with Crippen LogP contribution in [0.3, 0.4) is 0 Å². The van der Waals surface area contributed by atoms with E-state index in [4.69, 9.17) is 4.74 Å². The van der Waals surface area contributed by atoms with Crippen LogP contribution in [0.15, 0.2) is 30.0 Å². The molecule has 0 saturated carbocycles. The number of nitrogens with zero attached hydrogens (tertiary/aromatic N) is 5. The summed E-state index contributed by atoms with van der Waals surface area (Å²) in [5.74, 6) is 0.199. The van der Waals surface area contributed by atoms with Gasteiger partial charge in [0, 0.05) is 24.0 Å². The Hall–Kier alpha value is -2.64. The van der Waals surface area contributed by atoms with Crippen LogP contribution in [0, 0.1) is 0 Å². The molecule has 3 heterocycles. The molecule has 8 nitrogen and oxygen atoms in total. The fourth-order valence-corrected chi connectivity index (χ4v) is 2.47. The summed E-state index contributed by atoms with van der Waals surface area (Å²) < 4.78 is 8.38. The molecule has 1 atom stereocenters. The molecule has 1 unspecified atom stereocenters. The molecule has 1 aliphatic rings. The van der Waals surface area contributed by atoms with E-state index in [1.807, 2.05) is 20.0 Å². The summed E-state index contributed by atoms with van der Waals surface area (Å²) in [6.45, 7) is 4.58. The number of ether oxygens (including phenoxy) is 1. The number of hydrogen-bond acceptors (Lipinski definition) is 6. The number of fused-ring (bicyclic) bond motifs is 1. The fourth-order valence-electron chi connectivity index (χ4n) is 2.47. The number of esters is 1. The number of aryl methyl sites for hydroxylation is 1. The molecule has 1 N–H and O–H groups in total. The van der Waals surface area contributed by atoms with Crippen molar-refractivity contribution in [3.63, 3.8) is 0 Å². The number of carbonyl (C=O) groups excluding carboxylic acids is 1. The number of methoxy groups -OCH3 is 1. The molecule has 2 aromatic rings. The van der Waals surface area contributed by atoms with E-state index in [0.717, 1.165) is 12.1 Å². The molecule has 0 fully saturated rings. The van der Waals surface area contributed by atoms with Crippen molar-refractivity contribution in [2.45, 2.75) is 26.4 Å². The summed E-state index contributed by atoms with van der Waals surface area (Å²) in [7, 11) is 1.37. The largest absolute Gasteiger partial charge is 0.466 e. The molecule has 2 aromatic heterocycles. The first-order chi connectivity index (χ1) is 10.2. The van der Waals surface area contributed by atoms with Gasteiger partial charge in [-0.3, -0.25) is 4.68 Å². The number of allylic oxidation sites excluding steroid dienone is 1. The minimum absolute atomic E-state index is 0.392. The summed E-state index contributed by atoms with van der Waals surface area (Å²) in [5.41, 5.74) is 2.08. The molecule has 1 aliphatic heterocycles. The number of carbonyl (C=O) groups is 1. The molecular formula is C13H16N6O2. The van der Waals surface area contributed by atoms with E-state index in [0.29, 0.717) is 17.2 Å². The molecule has 3 rings (SSSR count). The highest BCUT2D eigenvalue weighted by atomic mass is 16.5. The zero-order valence-electron chi connectivity index (χ0n) is 12.1. The van der Waals surface area contributed by atoms with E-state index >= 15 is 0 Å². The first-order valence-electron chi connectivity index (χ1n) is 6.63. The molecule has 0 amide bonds. The second-order valence-corrected chi connectivity index (χ2v) is 4.72. The van der Waals surface area contributed by atoms with Crippen molar-refractivity contribution in [3.05, 3.63) is 35.6 Å². The first kappa shape index (κ1) is 13.3. The van der Waals surface area contributed by atoms with Crippen molar-refractivity contribution in [2.75, 3.05) is 12.4 Å². The molecule has 0 spiro atoms. The fraction of sp³-hybridized carbons (Fsp3) is 0.385. The second kappa shape index (κ2) is 5.04. The Morgan fingerprint density at radius 2 is 2.29 bits per heavy atom. The van der Waals surface area contributed by atoms with Crippen LogP contribution in [0.1, 0.15) is 25.5 Å². The first-order valence-corrected chi connectivity index (χ1v) is 6.63. The third-order valence-corrected chi connectivity index (χ3v) is 3.49. The molecule has 0 aliphatic carbocycles. The van der Waals surface area contributed by atoms with Crippen molar-refractivity contribution in [2.24, 2.45) is 0 Å². The van der Waals surface area contributed by atoms with Crippen molar-refractivity contribution in [1.82, 2.24) is 24.5 Å². The van der Waals surface area contributed by atoms with Gasteiger partial charge in [0.15, 0.2) is 0 Å². The molecule has 0 bridgehead atoms. The topological polar surface area (TPSA) is 86.9 Å². The van der Waals surface area contributed by atoms with Crippen molar-refractivity contribution >= 4 is 11.9 Å². The third-order valence-electron chi connectivity index (χ3n) is 3.49. The van der Waals surface area contributed by atoms with Crippen molar-refractivity contribution in [1.29, 1.82) is 0 Å². The Morgan fingerprint density at radius 3 is 2.95 bits per heavy atom. The highest BCUT2D eigenvalue weighted by Gasteiger charge is 2.34. The Balaban J connectivity index is 2.15. The zero-order valence-corrected chi connectivity index (χ0v) is 12.1. The zero-order chi connectivity index (χ0) is 15.0. The van der Waals surface area contributed by atoms with Crippen LogP contribution in [0.4, 0.5) is 5.95 Å². The summed E-state index contributed by atoms with van der Waals surface area (Å²) in [5, 5.41) is 11.6. The van der Waals surface area contributed by atoms with Crippen LogP contribution in [0.2, 0.25) is 0 Å². The quantitative estimate of drug-likeness (QED) is 0.846. The number of aromatic nitrogens is 5. The third kappa shape index (κ3) is 2.08. The van der Waals surface area contributed by atoms with E-state index in [-0.39, 0.29) is 0 Å². The Bertz CT molecular complexity index is 714. The Labute approximate surface area is 121 Å². The lowest BCUT2D eigenvalue weighted by molar-refractivity contribution is -0.136. The summed E-state index contributed by atoms with van der Waals surface area (Å²) in [6.07, 6.45) is 5.09. The van der Waals surface area contributed by atoms with Gasteiger partial charge in [0.25, 0.3) is 0 Å². The molecule has 110 valence electrons. The summed E-state index contributed by atoms with van der Waals surface area (Å²) >= 11 is 0. The van der Waals surface area contributed by atoms with Crippen LogP contribution in [-0.4, -0.2) is 37.6 Å². The lowest BCUT2D eigenvalue weighted by Gasteiger charge is -2.26. The minimum Gasteiger partial charge on any atom is -0.466 e. The van der Waals surface area contributed by atoms with Gasteiger partial charge in [-0.25, -0.2) is 9.48 Å². The van der Waals surface area contributed by atoms with Crippen LogP contribution >= 0.6 is 0 Å². The standard InChI is InChI=1S/C13H16N6O2/c1-4-18-6-9(5-15-18)11-10(12(20)21-3)8(2)17-13-14-7-16-19(11)13/h5-7,11H,4H2,1-3H3,(H,14,16,17). The molecule has 0 saturated heterocycles. The lowest BCUT2D eigenvalue weighted by Crippen LogP contribution is -2.29. The van der Waals surface area contributed by atoms with Gasteiger partial charge in [-0.05, 0) is 13.8 Å². The van der Waals surface area contributed by atoms with Gasteiger partial charge in [-0.2, -0.15) is 15.2 Å². The Morgan fingerprint density at radius 1 is 1.48 bits per heavy atom. The summed E-state index contributed by atoms with van der Waals surface area (Å²) in [6, 6.07) is -0.392.